The fourth-order valence-corrected chi connectivity index (χ4v) is 2.35. The Labute approximate surface area is 142 Å². The second-order valence-corrected chi connectivity index (χ2v) is 5.35. The summed E-state index contributed by atoms with van der Waals surface area (Å²) in [6, 6.07) is 6.57. The van der Waals surface area contributed by atoms with Crippen molar-refractivity contribution in [3.8, 4) is 11.4 Å². The second-order valence-electron chi connectivity index (χ2n) is 4.41. The summed E-state index contributed by atoms with van der Waals surface area (Å²) in [6.45, 7) is 3.75. The summed E-state index contributed by atoms with van der Waals surface area (Å²) in [6.07, 6.45) is 1.52. The van der Waals surface area contributed by atoms with E-state index in [0.29, 0.717) is 10.9 Å². The van der Waals surface area contributed by atoms with E-state index in [0.717, 1.165) is 17.4 Å². The van der Waals surface area contributed by atoms with Crippen molar-refractivity contribution >= 4 is 23.7 Å². The van der Waals surface area contributed by atoms with Gasteiger partial charge in [-0.15, -0.1) is 11.7 Å². The first kappa shape index (κ1) is 17.5. The van der Waals surface area contributed by atoms with Crippen LogP contribution in [-0.4, -0.2) is 51.6 Å². The molecule has 0 bridgehead atoms. The van der Waals surface area contributed by atoms with E-state index in [4.69, 9.17) is 4.74 Å². The zero-order valence-corrected chi connectivity index (χ0v) is 13.7. The van der Waals surface area contributed by atoms with Crippen molar-refractivity contribution in [2.24, 2.45) is 0 Å². The van der Waals surface area contributed by atoms with Crippen LogP contribution in [-0.2, 0) is 4.79 Å². The molecule has 126 valence electrons. The Morgan fingerprint density at radius 3 is 2.79 bits per heavy atom. The van der Waals surface area contributed by atoms with E-state index in [1.807, 2.05) is 0 Å². The van der Waals surface area contributed by atoms with Gasteiger partial charge >= 0.3 is 6.03 Å². The lowest BCUT2D eigenvalue weighted by molar-refractivity contribution is -0.117. The van der Waals surface area contributed by atoms with Crippen LogP contribution in [0.1, 0.15) is 0 Å². The number of carbonyl (C=O) groups excluding carboxylic acids is 2. The van der Waals surface area contributed by atoms with E-state index in [1.165, 1.54) is 10.8 Å². The smallest absolute Gasteiger partial charge is 0.321 e. The highest BCUT2D eigenvalue weighted by Crippen LogP contribution is 2.20. The first-order valence-corrected chi connectivity index (χ1v) is 7.86. The molecular formula is C14H16N6O3S. The molecule has 0 aliphatic rings. The number of carbonyl (C=O) groups is 2. The van der Waals surface area contributed by atoms with Crippen molar-refractivity contribution in [2.75, 3.05) is 19.4 Å². The van der Waals surface area contributed by atoms with Gasteiger partial charge in [-0.2, -0.15) is 4.68 Å². The quantitative estimate of drug-likeness (QED) is 0.562. The molecule has 2 aromatic rings. The third kappa shape index (κ3) is 4.81. The first-order valence-electron chi connectivity index (χ1n) is 6.88. The fourth-order valence-electron chi connectivity index (χ4n) is 1.66. The topological polar surface area (TPSA) is 111 Å². The Balaban J connectivity index is 1.94. The number of hydrogen-bond donors (Lipinski definition) is 2. The number of thioether (sulfide) groups is 1. The van der Waals surface area contributed by atoms with Crippen molar-refractivity contribution in [1.82, 2.24) is 30.8 Å². The average Bonchev–Trinajstić information content (AvgIpc) is 3.06. The van der Waals surface area contributed by atoms with E-state index in [2.05, 4.69) is 32.7 Å². The minimum absolute atomic E-state index is 0.00195. The lowest BCUT2D eigenvalue weighted by atomic mass is 10.3. The lowest BCUT2D eigenvalue weighted by Crippen LogP contribution is -2.40. The molecule has 0 aliphatic carbocycles. The minimum Gasteiger partial charge on any atom is -0.497 e. The average molecular weight is 348 g/mol. The standard InChI is InChI=1S/C14H16N6O3S/c1-3-8-15-13(22)16-12(21)9-24-14-17-18-19-20(14)10-4-6-11(23-2)7-5-10/h3-7H,1,8-9H2,2H3,(H2,15,16,21,22). The Morgan fingerprint density at radius 2 is 2.12 bits per heavy atom. The van der Waals surface area contributed by atoms with Crippen LogP contribution in [0, 0.1) is 0 Å². The molecule has 0 aliphatic heterocycles. The number of methoxy groups -OCH3 is 1. The molecule has 3 amide bonds. The number of tetrazole rings is 1. The number of benzene rings is 1. The molecular weight excluding hydrogens is 332 g/mol. The van der Waals surface area contributed by atoms with Crippen LogP contribution < -0.4 is 15.4 Å². The third-order valence-electron chi connectivity index (χ3n) is 2.75. The SMILES string of the molecule is C=CCNC(=O)NC(=O)CSc1nnnn1-c1ccc(OC)cc1. The predicted octanol–water partition coefficient (Wildman–Crippen LogP) is 0.775. The molecule has 0 saturated heterocycles. The first-order chi connectivity index (χ1) is 11.6. The number of ether oxygens (including phenoxy) is 1. The van der Waals surface area contributed by atoms with E-state index < -0.39 is 11.9 Å². The van der Waals surface area contributed by atoms with Gasteiger partial charge in [-0.1, -0.05) is 17.8 Å². The van der Waals surface area contributed by atoms with Gasteiger partial charge < -0.3 is 10.1 Å². The van der Waals surface area contributed by atoms with Crippen molar-refractivity contribution in [1.29, 1.82) is 0 Å². The van der Waals surface area contributed by atoms with Crippen molar-refractivity contribution < 1.29 is 14.3 Å². The molecule has 2 N–H and O–H groups in total. The van der Waals surface area contributed by atoms with Crippen LogP contribution in [0.3, 0.4) is 0 Å². The van der Waals surface area contributed by atoms with Gasteiger partial charge in [0.05, 0.1) is 18.6 Å². The number of imide groups is 1. The number of aromatic nitrogens is 4. The van der Waals surface area contributed by atoms with Crippen LogP contribution in [0.5, 0.6) is 5.75 Å². The van der Waals surface area contributed by atoms with E-state index >= 15 is 0 Å². The van der Waals surface area contributed by atoms with Crippen molar-refractivity contribution in [2.45, 2.75) is 5.16 Å². The summed E-state index contributed by atoms with van der Waals surface area (Å²) >= 11 is 1.12. The molecule has 0 saturated carbocycles. The number of nitrogens with one attached hydrogen (secondary N) is 2. The van der Waals surface area contributed by atoms with Gasteiger partial charge in [0.15, 0.2) is 0 Å². The molecule has 0 spiro atoms. The maximum Gasteiger partial charge on any atom is 0.321 e. The van der Waals surface area contributed by atoms with Crippen LogP contribution in [0.25, 0.3) is 5.69 Å². The predicted molar refractivity (Wildman–Crippen MR) is 88.2 cm³/mol. The normalized spacial score (nSPS) is 10.0. The van der Waals surface area contributed by atoms with Crippen LogP contribution in [0.2, 0.25) is 0 Å². The molecule has 2 rings (SSSR count). The van der Waals surface area contributed by atoms with E-state index in [9.17, 15) is 9.59 Å². The molecule has 1 aromatic heterocycles. The van der Waals surface area contributed by atoms with E-state index in [1.54, 1.807) is 31.4 Å². The van der Waals surface area contributed by atoms with Gasteiger partial charge in [0.2, 0.25) is 11.1 Å². The number of hydrogen-bond acceptors (Lipinski definition) is 7. The van der Waals surface area contributed by atoms with Crippen LogP contribution in [0.4, 0.5) is 4.79 Å². The molecule has 9 nitrogen and oxygen atoms in total. The summed E-state index contributed by atoms with van der Waals surface area (Å²) in [5, 5.41) is 16.5. The molecule has 0 unspecified atom stereocenters. The largest absolute Gasteiger partial charge is 0.497 e. The molecule has 0 radical (unpaired) electrons. The Kier molecular flexibility index (Phi) is 6.32. The van der Waals surface area contributed by atoms with Gasteiger partial charge in [-0.25, -0.2) is 4.79 Å². The van der Waals surface area contributed by atoms with Gasteiger partial charge in [0.25, 0.3) is 0 Å². The third-order valence-corrected chi connectivity index (χ3v) is 3.67. The van der Waals surface area contributed by atoms with Crippen molar-refractivity contribution in [3.63, 3.8) is 0 Å². The summed E-state index contributed by atoms with van der Waals surface area (Å²) in [7, 11) is 1.58. The summed E-state index contributed by atoms with van der Waals surface area (Å²) in [5.41, 5.74) is 0.729. The molecule has 10 heteroatoms. The second kappa shape index (κ2) is 8.67. The minimum atomic E-state index is -0.574. The Morgan fingerprint density at radius 1 is 1.38 bits per heavy atom. The maximum atomic E-state index is 11.7. The molecule has 0 fully saturated rings. The molecule has 1 aromatic carbocycles. The van der Waals surface area contributed by atoms with Crippen LogP contribution >= 0.6 is 11.8 Å². The summed E-state index contributed by atoms with van der Waals surface area (Å²) < 4.78 is 6.59. The fraction of sp³-hybridized carbons (Fsp3) is 0.214. The highest BCUT2D eigenvalue weighted by atomic mass is 32.2. The van der Waals surface area contributed by atoms with Gasteiger partial charge in [0.1, 0.15) is 5.75 Å². The van der Waals surface area contributed by atoms with Gasteiger partial charge in [0, 0.05) is 6.54 Å². The monoisotopic (exact) mass is 348 g/mol. The molecule has 24 heavy (non-hydrogen) atoms. The highest BCUT2D eigenvalue weighted by molar-refractivity contribution is 7.99. The number of rotatable bonds is 7. The molecule has 1 heterocycles. The highest BCUT2D eigenvalue weighted by Gasteiger charge is 2.13. The van der Waals surface area contributed by atoms with Crippen molar-refractivity contribution in [3.05, 3.63) is 36.9 Å². The van der Waals surface area contributed by atoms with E-state index in [-0.39, 0.29) is 12.3 Å². The van der Waals surface area contributed by atoms with Gasteiger partial charge in [-0.05, 0) is 34.7 Å². The number of nitrogens with zero attached hydrogens (tertiary/aromatic N) is 4. The number of amides is 3. The Hall–Kier alpha value is -2.88. The summed E-state index contributed by atoms with van der Waals surface area (Å²) in [4.78, 5) is 23.1. The maximum absolute atomic E-state index is 11.7. The zero-order chi connectivity index (χ0) is 17.4. The van der Waals surface area contributed by atoms with Crippen LogP contribution in [0.15, 0.2) is 42.1 Å². The number of urea groups is 1. The van der Waals surface area contributed by atoms with Gasteiger partial charge in [-0.3, -0.25) is 10.1 Å². The lowest BCUT2D eigenvalue weighted by Gasteiger charge is -2.06. The summed E-state index contributed by atoms with van der Waals surface area (Å²) in [5.74, 6) is 0.259. The molecule has 0 atom stereocenters. The zero-order valence-electron chi connectivity index (χ0n) is 12.9. The Bertz CT molecular complexity index is 716.